The molecule has 37 heavy (non-hydrogen) atoms. The van der Waals surface area contributed by atoms with Crippen molar-refractivity contribution in [3.8, 4) is 5.75 Å². The maximum absolute atomic E-state index is 14.1. The monoisotopic (exact) mass is 564 g/mol. The Labute approximate surface area is 225 Å². The number of rotatable bonds is 10. The molecule has 0 N–H and O–H groups in total. The van der Waals surface area contributed by atoms with E-state index in [0.717, 1.165) is 49.5 Å². The van der Waals surface area contributed by atoms with Crippen LogP contribution in [0.4, 0.5) is 5.13 Å². The second-order valence-electron chi connectivity index (χ2n) is 9.04. The van der Waals surface area contributed by atoms with Crippen LogP contribution in [0.2, 0.25) is 0 Å². The van der Waals surface area contributed by atoms with Crippen LogP contribution in [0.15, 0.2) is 39.9 Å². The minimum atomic E-state index is -3.74. The number of benzene rings is 1. The van der Waals surface area contributed by atoms with Gasteiger partial charge in [-0.05, 0) is 49.8 Å². The van der Waals surface area contributed by atoms with E-state index in [9.17, 15) is 13.2 Å². The number of fused-ring (bicyclic) bond motifs is 1. The van der Waals surface area contributed by atoms with Crippen LogP contribution in [0.3, 0.4) is 0 Å². The van der Waals surface area contributed by atoms with Crippen molar-refractivity contribution < 1.29 is 22.7 Å². The lowest BCUT2D eigenvalue weighted by Crippen LogP contribution is -2.48. The fraction of sp³-hybridized carbons (Fsp3) is 0.520. The predicted octanol–water partition coefficient (Wildman–Crippen LogP) is 3.67. The molecule has 2 aromatic heterocycles. The smallest absolute Gasteiger partial charge is 0.253 e. The van der Waals surface area contributed by atoms with Crippen molar-refractivity contribution >= 4 is 54.0 Å². The van der Waals surface area contributed by atoms with Crippen molar-refractivity contribution in [3.63, 3.8) is 0 Å². The first-order chi connectivity index (χ1) is 18.0. The highest BCUT2D eigenvalue weighted by atomic mass is 32.2. The first kappa shape index (κ1) is 26.5. The predicted molar refractivity (Wildman–Crippen MR) is 146 cm³/mol. The number of thiophene rings is 1. The standard InChI is InChI=1S/C25H32N4O5S3/c1-2-34-20-8-3-9-21-23(20)26-25(36-21)28(12-6-11-27-14-16-33-17-15-27)24(30)19-7-4-13-29(19)37(31,32)22-10-5-18-35-22/h3,5,8-10,18-19H,2,4,6-7,11-17H2,1H3. The number of hydrogen-bond acceptors (Lipinski definition) is 9. The van der Waals surface area contributed by atoms with Crippen molar-refractivity contribution in [1.82, 2.24) is 14.2 Å². The minimum absolute atomic E-state index is 0.211. The number of nitrogens with zero attached hydrogens (tertiary/aromatic N) is 4. The molecule has 2 aliphatic heterocycles. The van der Waals surface area contributed by atoms with Gasteiger partial charge in [0.15, 0.2) is 5.13 Å². The van der Waals surface area contributed by atoms with Gasteiger partial charge in [0.05, 0.1) is 24.5 Å². The molecule has 1 unspecified atom stereocenters. The van der Waals surface area contributed by atoms with Crippen molar-refractivity contribution in [2.45, 2.75) is 36.4 Å². The molecule has 0 saturated carbocycles. The zero-order valence-corrected chi connectivity index (χ0v) is 23.3. The summed E-state index contributed by atoms with van der Waals surface area (Å²) in [4.78, 5) is 22.9. The van der Waals surface area contributed by atoms with E-state index in [0.29, 0.717) is 43.4 Å². The fourth-order valence-electron chi connectivity index (χ4n) is 4.86. The van der Waals surface area contributed by atoms with Crippen LogP contribution in [0.1, 0.15) is 26.2 Å². The Morgan fingerprint density at radius 1 is 1.22 bits per heavy atom. The number of para-hydroxylation sites is 1. The Morgan fingerprint density at radius 3 is 2.81 bits per heavy atom. The van der Waals surface area contributed by atoms with Gasteiger partial charge in [-0.25, -0.2) is 13.4 Å². The molecule has 5 rings (SSSR count). The van der Waals surface area contributed by atoms with E-state index < -0.39 is 16.1 Å². The van der Waals surface area contributed by atoms with Gasteiger partial charge in [0, 0.05) is 32.7 Å². The molecule has 2 saturated heterocycles. The Hall–Kier alpha value is -2.09. The molecule has 1 atom stereocenters. The van der Waals surface area contributed by atoms with Gasteiger partial charge in [0.1, 0.15) is 21.5 Å². The summed E-state index contributed by atoms with van der Waals surface area (Å²) in [6.45, 7) is 7.28. The van der Waals surface area contributed by atoms with Gasteiger partial charge in [-0.1, -0.05) is 23.5 Å². The zero-order chi connectivity index (χ0) is 25.8. The van der Waals surface area contributed by atoms with Crippen LogP contribution in [0.25, 0.3) is 10.2 Å². The highest BCUT2D eigenvalue weighted by molar-refractivity contribution is 7.91. The summed E-state index contributed by atoms with van der Waals surface area (Å²) in [6.07, 6.45) is 1.90. The molecule has 0 bridgehead atoms. The molecule has 0 aliphatic carbocycles. The van der Waals surface area contributed by atoms with Gasteiger partial charge < -0.3 is 9.47 Å². The van der Waals surface area contributed by atoms with Crippen molar-refractivity contribution in [2.24, 2.45) is 0 Å². The number of carbonyl (C=O) groups is 1. The number of hydrogen-bond donors (Lipinski definition) is 0. The van der Waals surface area contributed by atoms with Gasteiger partial charge in [-0.15, -0.1) is 11.3 Å². The molecule has 0 radical (unpaired) electrons. The Kier molecular flexibility index (Phi) is 8.42. The molecule has 1 amide bonds. The summed E-state index contributed by atoms with van der Waals surface area (Å²) in [6, 6.07) is 8.35. The van der Waals surface area contributed by atoms with Gasteiger partial charge in [0.25, 0.3) is 10.0 Å². The second-order valence-corrected chi connectivity index (χ2v) is 13.1. The van der Waals surface area contributed by atoms with Crippen molar-refractivity contribution in [1.29, 1.82) is 0 Å². The molecular formula is C25H32N4O5S3. The van der Waals surface area contributed by atoms with Crippen LogP contribution in [0.5, 0.6) is 5.75 Å². The van der Waals surface area contributed by atoms with Crippen LogP contribution >= 0.6 is 22.7 Å². The molecule has 12 heteroatoms. The number of morpholine rings is 1. The molecular weight excluding hydrogens is 532 g/mol. The summed E-state index contributed by atoms with van der Waals surface area (Å²) in [7, 11) is -3.74. The van der Waals surface area contributed by atoms with Gasteiger partial charge in [-0.3, -0.25) is 14.6 Å². The number of carbonyl (C=O) groups excluding carboxylic acids is 1. The van der Waals surface area contributed by atoms with E-state index >= 15 is 0 Å². The highest BCUT2D eigenvalue weighted by Gasteiger charge is 2.42. The van der Waals surface area contributed by atoms with Gasteiger partial charge in [0.2, 0.25) is 5.91 Å². The van der Waals surface area contributed by atoms with Gasteiger partial charge >= 0.3 is 0 Å². The molecule has 1 aromatic carbocycles. The van der Waals surface area contributed by atoms with Crippen molar-refractivity contribution in [2.75, 3.05) is 57.4 Å². The third kappa shape index (κ3) is 5.69. The van der Waals surface area contributed by atoms with Gasteiger partial charge in [-0.2, -0.15) is 4.31 Å². The average Bonchev–Trinajstić information content (AvgIpc) is 3.68. The Morgan fingerprint density at radius 2 is 2.05 bits per heavy atom. The molecule has 2 aliphatic rings. The summed E-state index contributed by atoms with van der Waals surface area (Å²) < 4.78 is 40.5. The van der Waals surface area contributed by atoms with Crippen molar-refractivity contribution in [3.05, 3.63) is 35.7 Å². The number of anilines is 1. The third-order valence-corrected chi connectivity index (χ3v) is 11.0. The van der Waals surface area contributed by atoms with Crippen LogP contribution in [0, 0.1) is 0 Å². The maximum Gasteiger partial charge on any atom is 0.253 e. The van der Waals surface area contributed by atoms with E-state index in [1.54, 1.807) is 22.4 Å². The summed E-state index contributed by atoms with van der Waals surface area (Å²) in [5.41, 5.74) is 0.727. The number of sulfonamides is 1. The summed E-state index contributed by atoms with van der Waals surface area (Å²) in [5, 5.41) is 2.32. The number of thiazole rings is 1. The van der Waals surface area contributed by atoms with E-state index in [2.05, 4.69) is 4.90 Å². The third-order valence-electron chi connectivity index (χ3n) is 6.67. The largest absolute Gasteiger partial charge is 0.492 e. The fourth-order valence-corrected chi connectivity index (χ4v) is 8.64. The topological polar surface area (TPSA) is 92.3 Å². The van der Waals surface area contributed by atoms with E-state index in [4.69, 9.17) is 14.5 Å². The van der Waals surface area contributed by atoms with Crippen LogP contribution in [-0.4, -0.2) is 87.1 Å². The lowest BCUT2D eigenvalue weighted by molar-refractivity contribution is -0.121. The second kappa shape index (κ2) is 11.7. The SMILES string of the molecule is CCOc1cccc2sc(N(CCCN3CCOCC3)C(=O)C3CCCN3S(=O)(=O)c3cccs3)nc12. The van der Waals surface area contributed by atoms with E-state index in [1.807, 2.05) is 25.1 Å². The molecule has 200 valence electrons. The lowest BCUT2D eigenvalue weighted by Gasteiger charge is -2.30. The quantitative estimate of drug-likeness (QED) is 0.371. The Bertz CT molecular complexity index is 1310. The molecule has 9 nitrogen and oxygen atoms in total. The normalized spacial score (nSPS) is 19.4. The average molecular weight is 565 g/mol. The first-order valence-electron chi connectivity index (χ1n) is 12.7. The lowest BCUT2D eigenvalue weighted by atomic mass is 10.2. The number of ether oxygens (including phenoxy) is 2. The number of aromatic nitrogens is 1. The summed E-state index contributed by atoms with van der Waals surface area (Å²) >= 11 is 2.62. The molecule has 2 fully saturated rings. The number of amides is 1. The molecule has 4 heterocycles. The maximum atomic E-state index is 14.1. The molecule has 0 spiro atoms. The van der Waals surface area contributed by atoms with E-state index in [-0.39, 0.29) is 10.1 Å². The molecule has 3 aromatic rings. The van der Waals surface area contributed by atoms with Crippen LogP contribution < -0.4 is 9.64 Å². The Balaban J connectivity index is 1.43. The van der Waals surface area contributed by atoms with E-state index in [1.165, 1.54) is 27.0 Å². The highest BCUT2D eigenvalue weighted by Crippen LogP contribution is 2.36. The summed E-state index contributed by atoms with van der Waals surface area (Å²) in [5.74, 6) is 0.475. The zero-order valence-electron chi connectivity index (χ0n) is 20.9. The minimum Gasteiger partial charge on any atom is -0.492 e. The van der Waals surface area contributed by atoms with Crippen LogP contribution in [-0.2, 0) is 19.6 Å². The first-order valence-corrected chi connectivity index (χ1v) is 15.8.